The quantitative estimate of drug-likeness (QED) is 0.870. The third kappa shape index (κ3) is 2.35. The van der Waals surface area contributed by atoms with E-state index >= 15 is 0 Å². The van der Waals surface area contributed by atoms with Gasteiger partial charge in [0.1, 0.15) is 5.82 Å². The van der Waals surface area contributed by atoms with Gasteiger partial charge in [0.25, 0.3) is 0 Å². The lowest BCUT2D eigenvalue weighted by atomic mass is 9.98. The van der Waals surface area contributed by atoms with Crippen LogP contribution < -0.4 is 10.6 Å². The molecule has 100 valence electrons. The molecule has 1 aliphatic rings. The molecule has 0 atom stereocenters. The molecular formula is C14H22FN3. The first kappa shape index (κ1) is 13.3. The summed E-state index contributed by atoms with van der Waals surface area (Å²) in [6.07, 6.45) is 0. The van der Waals surface area contributed by atoms with Gasteiger partial charge in [-0.05, 0) is 33.0 Å². The first-order chi connectivity index (χ1) is 8.45. The average molecular weight is 251 g/mol. The molecule has 0 aromatic heterocycles. The van der Waals surface area contributed by atoms with Crippen molar-refractivity contribution in [3.05, 3.63) is 29.6 Å². The van der Waals surface area contributed by atoms with Crippen LogP contribution in [0.25, 0.3) is 0 Å². The number of benzene rings is 1. The molecule has 2 rings (SSSR count). The second-order valence-electron chi connectivity index (χ2n) is 5.60. The molecule has 4 heteroatoms. The molecule has 1 aliphatic heterocycles. The summed E-state index contributed by atoms with van der Waals surface area (Å²) in [5, 5.41) is 0. The van der Waals surface area contributed by atoms with Crippen molar-refractivity contribution in [2.75, 3.05) is 31.6 Å². The van der Waals surface area contributed by atoms with Crippen molar-refractivity contribution in [3.8, 4) is 0 Å². The van der Waals surface area contributed by atoms with Crippen LogP contribution in [0.3, 0.4) is 0 Å². The summed E-state index contributed by atoms with van der Waals surface area (Å²) in [6, 6.07) is 5.20. The number of rotatable bonds is 2. The van der Waals surface area contributed by atoms with E-state index in [-0.39, 0.29) is 17.9 Å². The Balaban J connectivity index is 2.30. The molecule has 0 unspecified atom stereocenters. The van der Waals surface area contributed by atoms with E-state index in [1.807, 2.05) is 6.07 Å². The second kappa shape index (κ2) is 4.86. The van der Waals surface area contributed by atoms with Gasteiger partial charge >= 0.3 is 0 Å². The predicted octanol–water partition coefficient (Wildman–Crippen LogP) is 1.81. The van der Waals surface area contributed by atoms with E-state index in [0.29, 0.717) is 5.56 Å². The van der Waals surface area contributed by atoms with Crippen molar-refractivity contribution in [3.63, 3.8) is 0 Å². The largest absolute Gasteiger partial charge is 0.368 e. The van der Waals surface area contributed by atoms with Gasteiger partial charge in [-0.3, -0.25) is 4.90 Å². The standard InChI is InChI=1S/C14H22FN3/c1-14(2)10-18(8-7-17(14)3)13-6-4-5-12(15)11(13)9-16/h4-6H,7-10,16H2,1-3H3. The van der Waals surface area contributed by atoms with Crippen LogP contribution in [0.5, 0.6) is 0 Å². The van der Waals surface area contributed by atoms with Crippen LogP contribution in [0, 0.1) is 5.82 Å². The highest BCUT2D eigenvalue weighted by molar-refractivity contribution is 5.55. The van der Waals surface area contributed by atoms with Gasteiger partial charge in [-0.1, -0.05) is 6.07 Å². The Morgan fingerprint density at radius 2 is 2.06 bits per heavy atom. The predicted molar refractivity (Wildman–Crippen MR) is 73.2 cm³/mol. The van der Waals surface area contributed by atoms with E-state index in [4.69, 9.17) is 5.73 Å². The molecule has 3 nitrogen and oxygen atoms in total. The normalized spacial score (nSPS) is 20.2. The molecule has 0 amide bonds. The molecule has 0 spiro atoms. The molecule has 1 heterocycles. The molecule has 1 fully saturated rings. The fourth-order valence-corrected chi connectivity index (χ4v) is 2.49. The zero-order valence-corrected chi connectivity index (χ0v) is 11.4. The van der Waals surface area contributed by atoms with E-state index in [1.54, 1.807) is 6.07 Å². The SMILES string of the molecule is CN1CCN(c2cccc(F)c2CN)CC1(C)C. The minimum absolute atomic E-state index is 0.0937. The molecule has 2 N–H and O–H groups in total. The Morgan fingerprint density at radius 3 is 2.67 bits per heavy atom. The Morgan fingerprint density at radius 1 is 1.33 bits per heavy atom. The Labute approximate surface area is 108 Å². The van der Waals surface area contributed by atoms with Crippen LogP contribution in [0.2, 0.25) is 0 Å². The van der Waals surface area contributed by atoms with Gasteiger partial charge in [-0.2, -0.15) is 0 Å². The van der Waals surface area contributed by atoms with Gasteiger partial charge in [0, 0.05) is 43.0 Å². The smallest absolute Gasteiger partial charge is 0.129 e. The maximum atomic E-state index is 13.8. The minimum Gasteiger partial charge on any atom is -0.368 e. The van der Waals surface area contributed by atoms with Crippen molar-refractivity contribution >= 4 is 5.69 Å². The summed E-state index contributed by atoms with van der Waals surface area (Å²) in [5.74, 6) is -0.202. The fraction of sp³-hybridized carbons (Fsp3) is 0.571. The number of likely N-dealkylation sites (N-methyl/N-ethyl adjacent to an activating group) is 1. The second-order valence-corrected chi connectivity index (χ2v) is 5.60. The van der Waals surface area contributed by atoms with Gasteiger partial charge in [-0.25, -0.2) is 4.39 Å². The molecule has 1 aromatic rings. The molecule has 0 saturated carbocycles. The van der Waals surface area contributed by atoms with Crippen LogP contribution in [-0.4, -0.2) is 37.1 Å². The van der Waals surface area contributed by atoms with Crippen molar-refractivity contribution in [1.82, 2.24) is 4.90 Å². The number of hydrogen-bond acceptors (Lipinski definition) is 3. The minimum atomic E-state index is -0.202. The average Bonchev–Trinajstić information content (AvgIpc) is 2.32. The van der Waals surface area contributed by atoms with Crippen LogP contribution in [0.4, 0.5) is 10.1 Å². The van der Waals surface area contributed by atoms with E-state index in [2.05, 4.69) is 30.7 Å². The van der Waals surface area contributed by atoms with Gasteiger partial charge in [0.2, 0.25) is 0 Å². The van der Waals surface area contributed by atoms with Crippen molar-refractivity contribution in [1.29, 1.82) is 0 Å². The third-order valence-corrected chi connectivity index (χ3v) is 3.96. The highest BCUT2D eigenvalue weighted by Crippen LogP contribution is 2.28. The van der Waals surface area contributed by atoms with Crippen molar-refractivity contribution in [2.45, 2.75) is 25.9 Å². The molecule has 1 saturated heterocycles. The highest BCUT2D eigenvalue weighted by Gasteiger charge is 2.31. The third-order valence-electron chi connectivity index (χ3n) is 3.96. The van der Waals surface area contributed by atoms with Crippen molar-refractivity contribution in [2.24, 2.45) is 5.73 Å². The molecule has 1 aromatic carbocycles. The van der Waals surface area contributed by atoms with Gasteiger partial charge in [0.15, 0.2) is 0 Å². The van der Waals surface area contributed by atoms with E-state index in [0.717, 1.165) is 25.3 Å². The zero-order chi connectivity index (χ0) is 13.3. The number of nitrogens with zero attached hydrogens (tertiary/aromatic N) is 2. The van der Waals surface area contributed by atoms with Crippen LogP contribution in [-0.2, 0) is 6.54 Å². The lowest BCUT2D eigenvalue weighted by Gasteiger charge is -2.46. The fourth-order valence-electron chi connectivity index (χ4n) is 2.49. The maximum Gasteiger partial charge on any atom is 0.129 e. The summed E-state index contributed by atoms with van der Waals surface area (Å²) in [5.41, 5.74) is 7.34. The monoisotopic (exact) mass is 251 g/mol. The van der Waals surface area contributed by atoms with Crippen LogP contribution in [0.15, 0.2) is 18.2 Å². The first-order valence-electron chi connectivity index (χ1n) is 6.39. The van der Waals surface area contributed by atoms with Crippen LogP contribution in [0.1, 0.15) is 19.4 Å². The Kier molecular flexibility index (Phi) is 3.59. The number of halogens is 1. The number of nitrogens with two attached hydrogens (primary N) is 1. The lowest BCUT2D eigenvalue weighted by molar-refractivity contribution is 0.138. The van der Waals surface area contributed by atoms with Gasteiger partial charge in [-0.15, -0.1) is 0 Å². The number of hydrogen-bond donors (Lipinski definition) is 1. The molecular weight excluding hydrogens is 229 g/mol. The zero-order valence-electron chi connectivity index (χ0n) is 11.4. The summed E-state index contributed by atoms with van der Waals surface area (Å²) in [6.45, 7) is 7.44. The van der Waals surface area contributed by atoms with E-state index in [1.165, 1.54) is 6.07 Å². The molecule has 18 heavy (non-hydrogen) atoms. The van der Waals surface area contributed by atoms with E-state index < -0.39 is 0 Å². The van der Waals surface area contributed by atoms with Gasteiger partial charge in [0.05, 0.1) is 0 Å². The lowest BCUT2D eigenvalue weighted by Crippen LogP contribution is -2.57. The number of anilines is 1. The number of piperazine rings is 1. The van der Waals surface area contributed by atoms with Crippen molar-refractivity contribution < 1.29 is 4.39 Å². The van der Waals surface area contributed by atoms with Gasteiger partial charge < -0.3 is 10.6 Å². The Hall–Kier alpha value is -1.13. The summed E-state index contributed by atoms with van der Waals surface area (Å²) < 4.78 is 13.8. The highest BCUT2D eigenvalue weighted by atomic mass is 19.1. The molecule has 0 bridgehead atoms. The summed E-state index contributed by atoms with van der Waals surface area (Å²) in [4.78, 5) is 4.58. The maximum absolute atomic E-state index is 13.8. The molecule has 0 radical (unpaired) electrons. The summed E-state index contributed by atoms with van der Waals surface area (Å²) >= 11 is 0. The molecule has 0 aliphatic carbocycles. The van der Waals surface area contributed by atoms with Crippen LogP contribution >= 0.6 is 0 Å². The Bertz CT molecular complexity index is 431. The summed E-state index contributed by atoms with van der Waals surface area (Å²) in [7, 11) is 2.13. The topological polar surface area (TPSA) is 32.5 Å². The van der Waals surface area contributed by atoms with E-state index in [9.17, 15) is 4.39 Å². The first-order valence-corrected chi connectivity index (χ1v) is 6.39.